The van der Waals surface area contributed by atoms with Crippen molar-refractivity contribution in [3.63, 3.8) is 0 Å². The standard InChI is InChI=1S/C18H14ClNO4S/c19-12-6-7-14-15(10-12)20(17(22)11-16(14)21)18(23)24-8-9-25-13-4-2-1-3-5-13/h1-7,10H,8-9,11H2. The molecule has 0 aliphatic carbocycles. The SMILES string of the molecule is O=C1CC(=O)N(C(=O)OCCSc2ccccc2)c2cc(Cl)ccc21. The van der Waals surface area contributed by atoms with E-state index in [0.717, 1.165) is 9.80 Å². The quantitative estimate of drug-likeness (QED) is 0.455. The van der Waals surface area contributed by atoms with Gasteiger partial charge in [-0.25, -0.2) is 9.69 Å². The molecule has 1 aliphatic rings. The molecule has 0 radical (unpaired) electrons. The Hall–Kier alpha value is -2.31. The van der Waals surface area contributed by atoms with E-state index in [2.05, 4.69) is 0 Å². The molecule has 0 saturated heterocycles. The Morgan fingerprint density at radius 2 is 1.92 bits per heavy atom. The van der Waals surface area contributed by atoms with Crippen LogP contribution in [0.4, 0.5) is 10.5 Å². The van der Waals surface area contributed by atoms with E-state index in [1.165, 1.54) is 12.1 Å². The maximum atomic E-state index is 12.3. The van der Waals surface area contributed by atoms with E-state index in [-0.39, 0.29) is 24.5 Å². The van der Waals surface area contributed by atoms with E-state index in [4.69, 9.17) is 16.3 Å². The van der Waals surface area contributed by atoms with Crippen molar-refractivity contribution in [2.75, 3.05) is 17.3 Å². The van der Waals surface area contributed by atoms with Crippen molar-refractivity contribution in [2.24, 2.45) is 0 Å². The van der Waals surface area contributed by atoms with Crippen LogP contribution in [-0.4, -0.2) is 30.1 Å². The van der Waals surface area contributed by atoms with E-state index in [1.807, 2.05) is 30.3 Å². The smallest absolute Gasteiger partial charge is 0.421 e. The summed E-state index contributed by atoms with van der Waals surface area (Å²) >= 11 is 7.47. The summed E-state index contributed by atoms with van der Waals surface area (Å²) in [6.45, 7) is 0.145. The first-order valence-corrected chi connectivity index (χ1v) is 8.93. The Morgan fingerprint density at radius 1 is 1.16 bits per heavy atom. The van der Waals surface area contributed by atoms with Crippen LogP contribution in [-0.2, 0) is 9.53 Å². The van der Waals surface area contributed by atoms with Gasteiger partial charge in [-0.05, 0) is 30.3 Å². The van der Waals surface area contributed by atoms with Crippen molar-refractivity contribution >= 4 is 46.8 Å². The summed E-state index contributed by atoms with van der Waals surface area (Å²) in [4.78, 5) is 38.3. The third-order valence-corrected chi connectivity index (χ3v) is 4.78. The van der Waals surface area contributed by atoms with Gasteiger partial charge in [0.2, 0.25) is 5.91 Å². The van der Waals surface area contributed by atoms with Crippen LogP contribution in [0.2, 0.25) is 5.02 Å². The van der Waals surface area contributed by atoms with E-state index >= 15 is 0 Å². The van der Waals surface area contributed by atoms with Gasteiger partial charge in [0.1, 0.15) is 6.61 Å². The molecular formula is C18H14ClNO4S. The topological polar surface area (TPSA) is 63.7 Å². The fourth-order valence-electron chi connectivity index (χ4n) is 2.44. The molecule has 3 rings (SSSR count). The Kier molecular flexibility index (Phi) is 5.40. The van der Waals surface area contributed by atoms with Gasteiger partial charge in [-0.3, -0.25) is 9.59 Å². The maximum Gasteiger partial charge on any atom is 0.421 e. The van der Waals surface area contributed by atoms with E-state index in [0.29, 0.717) is 16.3 Å². The number of ketones is 1. The van der Waals surface area contributed by atoms with Crippen LogP contribution in [0.15, 0.2) is 53.4 Å². The molecule has 7 heteroatoms. The van der Waals surface area contributed by atoms with Crippen LogP contribution in [0.25, 0.3) is 0 Å². The minimum Gasteiger partial charge on any atom is -0.448 e. The van der Waals surface area contributed by atoms with Gasteiger partial charge in [0.15, 0.2) is 5.78 Å². The summed E-state index contributed by atoms with van der Waals surface area (Å²) < 4.78 is 5.20. The normalized spacial score (nSPS) is 13.6. The lowest BCUT2D eigenvalue weighted by molar-refractivity contribution is -0.117. The Balaban J connectivity index is 1.65. The van der Waals surface area contributed by atoms with E-state index in [1.54, 1.807) is 17.8 Å². The highest BCUT2D eigenvalue weighted by Crippen LogP contribution is 2.31. The number of nitrogens with zero attached hydrogens (tertiary/aromatic N) is 1. The predicted octanol–water partition coefficient (Wildman–Crippen LogP) is 4.19. The summed E-state index contributed by atoms with van der Waals surface area (Å²) in [5.41, 5.74) is 0.467. The summed E-state index contributed by atoms with van der Waals surface area (Å²) in [6, 6.07) is 14.2. The zero-order chi connectivity index (χ0) is 17.8. The van der Waals surface area contributed by atoms with Crippen molar-refractivity contribution in [2.45, 2.75) is 11.3 Å². The van der Waals surface area contributed by atoms with Crippen LogP contribution in [0.5, 0.6) is 0 Å². The van der Waals surface area contributed by atoms with Crippen LogP contribution >= 0.6 is 23.4 Å². The minimum absolute atomic E-state index is 0.145. The number of anilines is 1. The summed E-state index contributed by atoms with van der Waals surface area (Å²) in [7, 11) is 0. The third-order valence-electron chi connectivity index (χ3n) is 3.57. The molecule has 5 nitrogen and oxygen atoms in total. The minimum atomic E-state index is -0.797. The van der Waals surface area contributed by atoms with Crippen LogP contribution in [0, 0.1) is 0 Å². The number of thioether (sulfide) groups is 1. The second-order valence-electron chi connectivity index (χ2n) is 5.27. The third kappa shape index (κ3) is 4.03. The van der Waals surface area contributed by atoms with Crippen molar-refractivity contribution in [3.8, 4) is 0 Å². The van der Waals surface area contributed by atoms with E-state index in [9.17, 15) is 14.4 Å². The molecule has 1 heterocycles. The van der Waals surface area contributed by atoms with Gasteiger partial charge in [-0.1, -0.05) is 29.8 Å². The van der Waals surface area contributed by atoms with Gasteiger partial charge in [-0.2, -0.15) is 0 Å². The molecule has 0 bridgehead atoms. The average molecular weight is 376 g/mol. The monoisotopic (exact) mass is 375 g/mol. The number of ether oxygens (including phenoxy) is 1. The molecule has 1 aliphatic heterocycles. The van der Waals surface area contributed by atoms with Crippen LogP contribution < -0.4 is 4.90 Å². The van der Waals surface area contributed by atoms with Gasteiger partial charge in [0.05, 0.1) is 12.1 Å². The molecule has 0 aromatic heterocycles. The van der Waals surface area contributed by atoms with Crippen molar-refractivity contribution in [1.82, 2.24) is 0 Å². The Bertz CT molecular complexity index is 825. The first-order chi connectivity index (χ1) is 12.1. The molecule has 0 fully saturated rings. The molecule has 0 N–H and O–H groups in total. The van der Waals surface area contributed by atoms with Gasteiger partial charge >= 0.3 is 6.09 Å². The maximum absolute atomic E-state index is 12.3. The predicted molar refractivity (Wildman–Crippen MR) is 96.4 cm³/mol. The molecule has 2 aromatic carbocycles. The highest BCUT2D eigenvalue weighted by atomic mass is 35.5. The van der Waals surface area contributed by atoms with E-state index < -0.39 is 12.0 Å². The van der Waals surface area contributed by atoms with Crippen molar-refractivity contribution in [3.05, 3.63) is 59.1 Å². The zero-order valence-electron chi connectivity index (χ0n) is 13.1. The van der Waals surface area contributed by atoms with Gasteiger partial charge in [0.25, 0.3) is 0 Å². The van der Waals surface area contributed by atoms with Crippen LogP contribution in [0.3, 0.4) is 0 Å². The highest BCUT2D eigenvalue weighted by molar-refractivity contribution is 7.99. The second-order valence-corrected chi connectivity index (χ2v) is 6.87. The fraction of sp³-hybridized carbons (Fsp3) is 0.167. The number of amides is 2. The number of halogens is 1. The summed E-state index contributed by atoms with van der Waals surface area (Å²) in [5, 5.41) is 0.332. The molecular weight excluding hydrogens is 362 g/mol. The number of imide groups is 1. The van der Waals surface area contributed by atoms with Gasteiger partial charge in [0, 0.05) is 21.2 Å². The Morgan fingerprint density at radius 3 is 2.68 bits per heavy atom. The van der Waals surface area contributed by atoms with Gasteiger partial charge in [-0.15, -0.1) is 11.8 Å². The molecule has 2 amide bonds. The second kappa shape index (κ2) is 7.72. The number of carbonyl (C=O) groups is 3. The number of benzene rings is 2. The molecule has 128 valence electrons. The summed E-state index contributed by atoms with van der Waals surface area (Å²) in [5.74, 6) is -0.389. The van der Waals surface area contributed by atoms with Crippen molar-refractivity contribution < 1.29 is 19.1 Å². The first-order valence-electron chi connectivity index (χ1n) is 7.56. The first kappa shape index (κ1) is 17.5. The largest absolute Gasteiger partial charge is 0.448 e. The number of Topliss-reactive ketones (excluding diaryl/α,β-unsaturated/α-hetero) is 1. The number of rotatable bonds is 4. The fourth-order valence-corrected chi connectivity index (χ4v) is 3.36. The van der Waals surface area contributed by atoms with Crippen LogP contribution in [0.1, 0.15) is 16.8 Å². The lowest BCUT2D eigenvalue weighted by Gasteiger charge is -2.26. The average Bonchev–Trinajstić information content (AvgIpc) is 2.59. The molecule has 0 unspecified atom stereocenters. The molecule has 0 atom stereocenters. The summed E-state index contributed by atoms with van der Waals surface area (Å²) in [6.07, 6.45) is -1.16. The molecule has 25 heavy (non-hydrogen) atoms. The lowest BCUT2D eigenvalue weighted by Crippen LogP contribution is -2.42. The number of fused-ring (bicyclic) bond motifs is 1. The molecule has 0 spiro atoms. The number of hydrogen-bond acceptors (Lipinski definition) is 5. The lowest BCUT2D eigenvalue weighted by atomic mass is 10.0. The number of carbonyl (C=O) groups excluding carboxylic acids is 3. The highest BCUT2D eigenvalue weighted by Gasteiger charge is 2.35. The Labute approximate surface area is 153 Å². The van der Waals surface area contributed by atoms with Gasteiger partial charge < -0.3 is 4.74 Å². The van der Waals surface area contributed by atoms with Crippen molar-refractivity contribution in [1.29, 1.82) is 0 Å². The molecule has 2 aromatic rings. The molecule has 0 saturated carbocycles. The number of hydrogen-bond donors (Lipinski definition) is 0. The zero-order valence-corrected chi connectivity index (χ0v) is 14.7.